The fourth-order valence-electron chi connectivity index (χ4n) is 25.5. The minimum absolute atomic E-state index is 0.0123. The second-order valence-electron chi connectivity index (χ2n) is 39.6. The van der Waals surface area contributed by atoms with Crippen molar-refractivity contribution >= 4 is 105 Å². The molecule has 14 rings (SSSR count). The van der Waals surface area contributed by atoms with Crippen molar-refractivity contribution in [2.24, 2.45) is 160 Å². The number of hydrogen-bond donors (Lipinski definition) is 11. The lowest BCUT2D eigenvalue weighted by molar-refractivity contribution is -0.163. The topological polar surface area (TPSA) is 303 Å². The third-order valence-electron chi connectivity index (χ3n) is 32.9. The van der Waals surface area contributed by atoms with E-state index in [0.717, 1.165) is 215 Å². The number of thioether (sulfide) groups is 2. The van der Waals surface area contributed by atoms with Gasteiger partial charge in [-0.3, -0.25) is 28.8 Å². The molecule has 11 fully saturated rings. The molecule has 710 valence electrons. The molecule has 0 aromatic carbocycles. The van der Waals surface area contributed by atoms with Crippen molar-refractivity contribution in [1.82, 2.24) is 0 Å². The molecular formula is C102H157FO17S6. The molecule has 14 aliphatic carbocycles. The van der Waals surface area contributed by atoms with Crippen LogP contribution < -0.4 is 0 Å². The van der Waals surface area contributed by atoms with Crippen LogP contribution in [0.3, 0.4) is 0 Å². The number of hydrogen-bond acceptors (Lipinski definition) is 22. The number of thiol groups is 2. The molecule has 0 radical (unpaired) electrons. The minimum Gasteiger partial charge on any atom is -0.481 e. The molecule has 30 unspecified atom stereocenters. The van der Waals surface area contributed by atoms with Gasteiger partial charge in [-0.15, -0.1) is 39.5 Å². The van der Waals surface area contributed by atoms with Gasteiger partial charge in [0.1, 0.15) is 12.2 Å². The van der Waals surface area contributed by atoms with Gasteiger partial charge >= 0.3 is 23.9 Å². The molecule has 0 saturated heterocycles. The highest BCUT2D eigenvalue weighted by Gasteiger charge is 2.54. The average Bonchev–Trinajstić information content (AvgIpc) is 1.27. The van der Waals surface area contributed by atoms with E-state index in [1.807, 2.05) is 42.5 Å². The van der Waals surface area contributed by atoms with Gasteiger partial charge in [0.05, 0.1) is 66.6 Å². The number of carboxylic acids is 1. The van der Waals surface area contributed by atoms with E-state index >= 15 is 0 Å². The molecule has 17 nitrogen and oxygen atoms in total. The van der Waals surface area contributed by atoms with Gasteiger partial charge in [-0.25, -0.2) is 0 Å². The maximum absolute atomic E-state index is 13.1. The van der Waals surface area contributed by atoms with Gasteiger partial charge in [-0.1, -0.05) is 180 Å². The summed E-state index contributed by atoms with van der Waals surface area (Å²) in [6.07, 6.45) is 41.0. The van der Waals surface area contributed by atoms with E-state index in [2.05, 4.69) is 118 Å². The summed E-state index contributed by atoms with van der Waals surface area (Å²) in [6.45, 7) is 37.2. The number of ether oxygens (including phenoxy) is 2. The van der Waals surface area contributed by atoms with E-state index in [1.165, 1.54) is 79.4 Å². The number of fused-ring (bicyclic) bond motifs is 6. The van der Waals surface area contributed by atoms with Gasteiger partial charge in [0.25, 0.3) is 0 Å². The molecule has 14 aliphatic rings. The lowest BCUT2D eigenvalue weighted by Crippen LogP contribution is -2.32. The SMILES string of the molecule is C=CC1CC(C=C)C2CC(C(=O)F)=CC12.C=CC1CC(C=C)C2CC(C(=O)SCC(O)C(O)CSSCC(O)C(O)CSC(=O)C3=CC4C(C=C)CC(C=C)C4C3)=CC12.CCC1CC(CC)C2CC(C(=O)O)CC12.CCC1CC(CC)C2CC(C(=O)OC3CCC(OC(=O)C4CC5C(CC)CC(CC)C5C4)CC3)CC12.OC(CS)C(O)CS.OC1CCC(O)CC1. The number of halogens is 1. The van der Waals surface area contributed by atoms with Crippen LogP contribution in [0.25, 0.3) is 0 Å². The van der Waals surface area contributed by atoms with Crippen LogP contribution in [0.5, 0.6) is 0 Å². The summed E-state index contributed by atoms with van der Waals surface area (Å²) < 4.78 is 24.7. The van der Waals surface area contributed by atoms with Gasteiger partial charge in [-0.05, 0) is 290 Å². The molecule has 0 aromatic heterocycles. The van der Waals surface area contributed by atoms with Crippen molar-refractivity contribution < 1.29 is 88.6 Å². The normalized spacial score (nSPS) is 38.3. The van der Waals surface area contributed by atoms with E-state index in [0.29, 0.717) is 95.9 Å². The Morgan fingerprint density at radius 1 is 0.381 bits per heavy atom. The first-order valence-electron chi connectivity index (χ1n) is 48.4. The molecular weight excluding hydrogens is 1710 g/mol. The molecule has 11 saturated carbocycles. The Labute approximate surface area is 781 Å². The molecule has 24 heteroatoms. The van der Waals surface area contributed by atoms with Gasteiger partial charge in [-0.2, -0.15) is 29.6 Å². The molecule has 0 bridgehead atoms. The lowest BCUT2D eigenvalue weighted by atomic mass is 9.89. The number of aliphatic carboxylic acids is 1. The first-order valence-corrected chi connectivity index (χ1v) is 54.1. The molecule has 0 aliphatic heterocycles. The third kappa shape index (κ3) is 27.8. The number of carbonyl (C=O) groups excluding carboxylic acids is 5. The smallest absolute Gasteiger partial charge is 0.327 e. The zero-order chi connectivity index (χ0) is 91.9. The van der Waals surface area contributed by atoms with Crippen LogP contribution in [0.15, 0.2) is 111 Å². The lowest BCUT2D eigenvalue weighted by Gasteiger charge is -2.30. The number of aliphatic hydroxyl groups excluding tert-OH is 8. The summed E-state index contributed by atoms with van der Waals surface area (Å²) in [7, 11) is 2.56. The van der Waals surface area contributed by atoms with E-state index in [1.54, 1.807) is 0 Å². The maximum atomic E-state index is 13.1. The number of carbonyl (C=O) groups is 6. The van der Waals surface area contributed by atoms with E-state index < -0.39 is 48.6 Å². The van der Waals surface area contributed by atoms with Crippen LogP contribution in [0.2, 0.25) is 0 Å². The Hall–Kier alpha value is -3.21. The third-order valence-corrected chi connectivity index (χ3v) is 38.1. The fraction of sp³-hybridized carbons (Fsp3) is 0.765. The minimum atomic E-state index is -1.27. The summed E-state index contributed by atoms with van der Waals surface area (Å²) in [5, 5.41) is 85.9. The van der Waals surface area contributed by atoms with Crippen LogP contribution in [0.1, 0.15) is 228 Å². The van der Waals surface area contributed by atoms with Gasteiger partial charge in [0.15, 0.2) is 0 Å². The zero-order valence-electron chi connectivity index (χ0n) is 76.2. The molecule has 0 spiro atoms. The van der Waals surface area contributed by atoms with E-state index in [4.69, 9.17) is 35.0 Å². The Balaban J connectivity index is 0.000000192. The van der Waals surface area contributed by atoms with Crippen LogP contribution >= 0.6 is 70.4 Å². The van der Waals surface area contributed by atoms with E-state index in [9.17, 15) is 53.6 Å². The highest BCUT2D eigenvalue weighted by Crippen LogP contribution is 2.60. The number of allylic oxidation sites excluding steroid dienone is 10. The first kappa shape index (κ1) is 106. The number of carboxylic acid groups (broad SMARTS) is 1. The highest BCUT2D eigenvalue weighted by atomic mass is 33.1. The summed E-state index contributed by atoms with van der Waals surface area (Å²) in [5.74, 6) is 14.4. The number of rotatable bonds is 34. The number of aliphatic hydroxyl groups is 8. The van der Waals surface area contributed by atoms with E-state index in [-0.39, 0.29) is 98.9 Å². The van der Waals surface area contributed by atoms with Crippen molar-refractivity contribution in [3.63, 3.8) is 0 Å². The predicted octanol–water partition coefficient (Wildman–Crippen LogP) is 19.1. The Morgan fingerprint density at radius 3 is 0.897 bits per heavy atom. The predicted molar refractivity (Wildman–Crippen MR) is 517 cm³/mol. The van der Waals surface area contributed by atoms with Crippen LogP contribution in [-0.2, 0) is 38.2 Å². The molecule has 0 heterocycles. The molecule has 0 aromatic rings. The molecule has 30 atom stereocenters. The molecule has 0 amide bonds. The second-order valence-corrected chi connectivity index (χ2v) is 44.9. The quantitative estimate of drug-likeness (QED) is 0.00712. The van der Waals surface area contributed by atoms with Gasteiger partial charge in [0, 0.05) is 51.2 Å². The van der Waals surface area contributed by atoms with Crippen LogP contribution in [0, 0.1) is 160 Å². The fourth-order valence-corrected chi connectivity index (χ4v) is 30.1. The average molecular weight is 1870 g/mol. The maximum Gasteiger partial charge on any atom is 0.327 e. The van der Waals surface area contributed by atoms with Crippen molar-refractivity contribution in [2.75, 3.05) is 34.5 Å². The largest absolute Gasteiger partial charge is 0.481 e. The van der Waals surface area contributed by atoms with Gasteiger partial charge < -0.3 is 55.4 Å². The monoisotopic (exact) mass is 1860 g/mol. The van der Waals surface area contributed by atoms with Crippen LogP contribution in [-0.4, -0.2) is 176 Å². The summed E-state index contributed by atoms with van der Waals surface area (Å²) in [4.78, 5) is 73.5. The summed E-state index contributed by atoms with van der Waals surface area (Å²) >= 11 is 9.61. The second kappa shape index (κ2) is 52.0. The van der Waals surface area contributed by atoms with Crippen LogP contribution in [0.4, 0.5) is 4.39 Å². The summed E-state index contributed by atoms with van der Waals surface area (Å²) in [5.41, 5.74) is 1.92. The first-order chi connectivity index (χ1) is 60.4. The molecule has 126 heavy (non-hydrogen) atoms. The Morgan fingerprint density at radius 2 is 0.643 bits per heavy atom. The van der Waals surface area contributed by atoms with Crippen molar-refractivity contribution in [3.05, 3.63) is 111 Å². The standard InChI is InChI=1S/C34H46O6S4.C32H52O4.C13H15FO.C13H22O2.C6H12O2.C4H10O2S2/c1-5-19-9-20(6-2)26-12-23(11-25(19)26)33(39)41-15-29(35)31(37)17-43-44-18-32(38)30(36)16-42-34(40)24-13-27-21(7-3)10-22(8-4)28(27)14-24;1-5-19-13-20(6-2)28-16-23(15-27(19)28)31(33)35-25-9-11-26(12-10-25)36-32(34)24-17-29-21(7-3)14-22(8-4)30(29)18-24;2*1-3-8-5-9(4-2)12-7-10(13(14)15)6-11(8)12;7-5-1-2-6(8)4-3-5;5-3(1-7)4(6)2-8/h5-8,11,13,19-22,25-32,35-38H,1-4,9-10,12,14-18H2;19-30H,5-18H2,1-4H3;3-4,6,8-9,11-12H,1-2,5,7H2;8-12H,3-7H2,1-2H3,(H,14,15);5-8H,1-4H2;3-8H,1-2H2. The molecule has 9 N–H and O–H groups in total. The highest BCUT2D eigenvalue weighted by molar-refractivity contribution is 8.76. The van der Waals surface area contributed by atoms with Gasteiger partial charge in [0.2, 0.25) is 10.2 Å². The Bertz CT molecular complexity index is 3430. The number of esters is 2. The Kier molecular flexibility index (Phi) is 44.0. The zero-order valence-corrected chi connectivity index (χ0v) is 81.3. The summed E-state index contributed by atoms with van der Waals surface area (Å²) in [6, 6.07) is -1.27. The van der Waals surface area contributed by atoms with Crippen molar-refractivity contribution in [3.8, 4) is 0 Å². The van der Waals surface area contributed by atoms with Crippen molar-refractivity contribution in [1.29, 1.82) is 0 Å². The van der Waals surface area contributed by atoms with Crippen molar-refractivity contribution in [2.45, 2.75) is 289 Å².